The molecule has 0 aliphatic rings. The summed E-state index contributed by atoms with van der Waals surface area (Å²) in [6.45, 7) is 17.8. The Hall–Kier alpha value is -4.17. The molecule has 0 radical (unpaired) electrons. The van der Waals surface area contributed by atoms with Crippen molar-refractivity contribution in [2.45, 2.75) is 71.7 Å². The molecule has 2 heterocycles. The first kappa shape index (κ1) is 36.7. The van der Waals surface area contributed by atoms with Gasteiger partial charge in [0.15, 0.2) is 8.32 Å². The summed E-state index contributed by atoms with van der Waals surface area (Å²) in [6, 6.07) is 13.3. The van der Waals surface area contributed by atoms with E-state index in [0.717, 1.165) is 16.9 Å². The molecule has 4 amide bonds. The average molecular weight is 714 g/mol. The van der Waals surface area contributed by atoms with Crippen LogP contribution < -0.4 is 26.0 Å². The molecule has 12 nitrogen and oxygen atoms in total. The number of benzene rings is 2. The molecule has 4 rings (SSSR count). The molecular weight excluding hydrogens is 671 g/mol. The normalized spacial score (nSPS) is 12.0. The smallest absolute Gasteiger partial charge is 0.324 e. The van der Waals surface area contributed by atoms with Crippen LogP contribution >= 0.6 is 23.2 Å². The van der Waals surface area contributed by atoms with Crippen molar-refractivity contribution in [3.8, 4) is 17.3 Å². The lowest BCUT2D eigenvalue weighted by atomic mass is 9.92. The first-order valence-electron chi connectivity index (χ1n) is 15.3. The number of amides is 4. The zero-order valence-electron chi connectivity index (χ0n) is 28.6. The molecule has 2 aromatic carbocycles. The highest BCUT2D eigenvalue weighted by atomic mass is 35.5. The second-order valence-electron chi connectivity index (χ2n) is 13.6. The van der Waals surface area contributed by atoms with Crippen molar-refractivity contribution >= 4 is 61.0 Å². The number of hydrogen-bond donors (Lipinski definition) is 4. The molecule has 0 spiro atoms. The highest BCUT2D eigenvalue weighted by molar-refractivity contribution is 6.74. The topological polar surface area (TPSA) is 144 Å². The Kier molecular flexibility index (Phi) is 11.1. The van der Waals surface area contributed by atoms with Gasteiger partial charge in [0, 0.05) is 30.8 Å². The second-order valence-corrected chi connectivity index (χ2v) is 19.2. The van der Waals surface area contributed by atoms with E-state index < -0.39 is 20.4 Å². The van der Waals surface area contributed by atoms with Gasteiger partial charge >= 0.3 is 12.1 Å². The largest absolute Gasteiger partial charge is 0.437 e. The van der Waals surface area contributed by atoms with Crippen molar-refractivity contribution in [1.29, 1.82) is 0 Å². The molecule has 4 aromatic rings. The molecule has 2 aromatic heterocycles. The third-order valence-electron chi connectivity index (χ3n) is 7.90. The van der Waals surface area contributed by atoms with Gasteiger partial charge in [-0.2, -0.15) is 10.1 Å². The Labute approximate surface area is 292 Å². The summed E-state index contributed by atoms with van der Waals surface area (Å²) in [7, 11) is -0.427. The van der Waals surface area contributed by atoms with Gasteiger partial charge in [0.2, 0.25) is 11.8 Å². The fourth-order valence-electron chi connectivity index (χ4n) is 3.96. The minimum atomic E-state index is -1.90. The lowest BCUT2D eigenvalue weighted by molar-refractivity contribution is 0.253. The van der Waals surface area contributed by atoms with Crippen molar-refractivity contribution in [3.63, 3.8) is 0 Å². The zero-order valence-corrected chi connectivity index (χ0v) is 31.1. The summed E-state index contributed by atoms with van der Waals surface area (Å²) in [5, 5.41) is 15.6. The van der Waals surface area contributed by atoms with Gasteiger partial charge in [-0.05, 0) is 48.0 Å². The van der Waals surface area contributed by atoms with Gasteiger partial charge in [-0.3, -0.25) is 10.6 Å². The molecule has 256 valence electrons. The van der Waals surface area contributed by atoms with Crippen LogP contribution in [0.15, 0.2) is 54.7 Å². The lowest BCUT2D eigenvalue weighted by Gasteiger charge is -2.36. The van der Waals surface area contributed by atoms with Crippen molar-refractivity contribution < 1.29 is 18.8 Å². The van der Waals surface area contributed by atoms with E-state index in [1.807, 2.05) is 30.3 Å². The maximum Gasteiger partial charge on any atom is 0.324 e. The summed E-state index contributed by atoms with van der Waals surface area (Å²) in [5.41, 5.74) is 2.61. The summed E-state index contributed by atoms with van der Waals surface area (Å²) in [5.74, 6) is 0.800. The summed E-state index contributed by atoms with van der Waals surface area (Å²) >= 11 is 13.0. The molecule has 0 aliphatic heterocycles. The van der Waals surface area contributed by atoms with Crippen LogP contribution in [0, 0.1) is 0 Å². The quantitative estimate of drug-likeness (QED) is 0.127. The van der Waals surface area contributed by atoms with Crippen molar-refractivity contribution in [1.82, 2.24) is 25.1 Å². The Morgan fingerprint density at radius 2 is 1.58 bits per heavy atom. The molecule has 0 unspecified atom stereocenters. The van der Waals surface area contributed by atoms with Gasteiger partial charge in [0.05, 0.1) is 28.7 Å². The highest BCUT2D eigenvalue weighted by Gasteiger charge is 2.37. The molecule has 0 aliphatic carbocycles. The Morgan fingerprint density at radius 3 is 2.21 bits per heavy atom. The standard InChI is InChI=1S/C33H42Cl2N8O4Si/c1-32(2,3)24-18-25(43(42-24)21-12-10-20(11-13-21)19-46-48(8,9)33(4,5)6)39-31(45)38-22-14-15-23(28(35)27(22)34)47-26-16-17-37-29(40-26)41-30(44)36-7/h10-18H,19H2,1-9H3,(H2,38,39,45)(H2,36,37,40,41,44). The first-order chi connectivity index (χ1) is 22.4. The molecule has 48 heavy (non-hydrogen) atoms. The van der Waals surface area contributed by atoms with E-state index in [1.54, 1.807) is 10.7 Å². The monoisotopic (exact) mass is 712 g/mol. The third-order valence-corrected chi connectivity index (χ3v) is 13.2. The number of aromatic nitrogens is 4. The van der Waals surface area contributed by atoms with Crippen molar-refractivity contribution in [3.05, 3.63) is 76.0 Å². The fraction of sp³-hybridized carbons (Fsp3) is 0.364. The molecular formula is C33H42Cl2N8O4Si. The second kappa shape index (κ2) is 14.5. The Balaban J connectivity index is 1.50. The number of urea groups is 2. The predicted molar refractivity (Wildman–Crippen MR) is 194 cm³/mol. The van der Waals surface area contributed by atoms with Gasteiger partial charge in [-0.25, -0.2) is 19.3 Å². The minimum Gasteiger partial charge on any atom is -0.437 e. The van der Waals surface area contributed by atoms with Gasteiger partial charge in [-0.15, -0.1) is 0 Å². The van der Waals surface area contributed by atoms with E-state index in [0.29, 0.717) is 12.4 Å². The van der Waals surface area contributed by atoms with Crippen molar-refractivity contribution in [2.24, 2.45) is 0 Å². The zero-order chi connectivity index (χ0) is 35.4. The van der Waals surface area contributed by atoms with Crippen LogP contribution in [0.1, 0.15) is 52.8 Å². The summed E-state index contributed by atoms with van der Waals surface area (Å²) in [6.07, 6.45) is 1.41. The van der Waals surface area contributed by atoms with Gasteiger partial charge in [0.25, 0.3) is 0 Å². The number of rotatable bonds is 9. The van der Waals surface area contributed by atoms with Crippen LogP contribution in [0.3, 0.4) is 0 Å². The molecule has 0 saturated heterocycles. The number of nitrogens with zero attached hydrogens (tertiary/aromatic N) is 4. The predicted octanol–water partition coefficient (Wildman–Crippen LogP) is 8.98. The summed E-state index contributed by atoms with van der Waals surface area (Å²) < 4.78 is 13.8. The van der Waals surface area contributed by atoms with E-state index in [1.165, 1.54) is 25.4 Å². The third kappa shape index (κ3) is 9.04. The first-order valence-corrected chi connectivity index (χ1v) is 18.9. The maximum atomic E-state index is 13.3. The molecule has 0 bridgehead atoms. The van der Waals surface area contributed by atoms with E-state index >= 15 is 0 Å². The number of carbonyl (C=O) groups excluding carboxylic acids is 2. The molecule has 0 fully saturated rings. The van der Waals surface area contributed by atoms with Crippen LogP contribution in [-0.4, -0.2) is 47.2 Å². The average Bonchev–Trinajstić information content (AvgIpc) is 3.44. The Bertz CT molecular complexity index is 1780. The molecule has 15 heteroatoms. The van der Waals surface area contributed by atoms with E-state index in [9.17, 15) is 9.59 Å². The lowest BCUT2D eigenvalue weighted by Crippen LogP contribution is -2.40. The van der Waals surface area contributed by atoms with Gasteiger partial charge in [0.1, 0.15) is 16.6 Å². The van der Waals surface area contributed by atoms with Crippen LogP contribution in [0.5, 0.6) is 11.6 Å². The maximum absolute atomic E-state index is 13.3. The Morgan fingerprint density at radius 1 is 0.896 bits per heavy atom. The number of nitrogens with one attached hydrogen (secondary N) is 4. The number of ether oxygens (including phenoxy) is 1. The van der Waals surface area contributed by atoms with Crippen LogP contribution in [0.25, 0.3) is 5.69 Å². The van der Waals surface area contributed by atoms with E-state index in [2.05, 4.69) is 85.9 Å². The minimum absolute atomic E-state index is 0.0319. The van der Waals surface area contributed by atoms with Gasteiger partial charge in [-0.1, -0.05) is 76.9 Å². The number of anilines is 3. The van der Waals surface area contributed by atoms with Gasteiger partial charge < -0.3 is 19.8 Å². The molecule has 0 saturated carbocycles. The molecule has 0 atom stereocenters. The SMILES string of the molecule is CNC(=O)Nc1nccc(Oc2ccc(NC(=O)Nc3cc(C(C)(C)C)nn3-c3ccc(CO[Si](C)(C)C(C)(C)C)cc3)c(Cl)c2Cl)n1. The van der Waals surface area contributed by atoms with Crippen LogP contribution in [0.4, 0.5) is 27.0 Å². The number of halogens is 2. The molecule has 4 N–H and O–H groups in total. The number of hydrogen-bond acceptors (Lipinski definition) is 7. The van der Waals surface area contributed by atoms with Crippen LogP contribution in [-0.2, 0) is 16.4 Å². The fourth-order valence-corrected chi connectivity index (χ4v) is 5.33. The van der Waals surface area contributed by atoms with Crippen LogP contribution in [0.2, 0.25) is 28.2 Å². The summed E-state index contributed by atoms with van der Waals surface area (Å²) in [4.78, 5) is 32.9. The van der Waals surface area contributed by atoms with Crippen molar-refractivity contribution in [2.75, 3.05) is 23.0 Å². The number of carbonyl (C=O) groups is 2. The highest BCUT2D eigenvalue weighted by Crippen LogP contribution is 2.40. The van der Waals surface area contributed by atoms with E-state index in [-0.39, 0.29) is 43.8 Å². The van der Waals surface area contributed by atoms with E-state index in [4.69, 9.17) is 37.5 Å².